The second-order valence-electron chi connectivity index (χ2n) is 2.14. The van der Waals surface area contributed by atoms with Gasteiger partial charge in [0.1, 0.15) is 6.10 Å². The van der Waals surface area contributed by atoms with Gasteiger partial charge in [0.25, 0.3) is 0 Å². The third kappa shape index (κ3) is 3.80. The molecule has 0 fully saturated rings. The summed E-state index contributed by atoms with van der Waals surface area (Å²) in [5, 5.41) is 9.04. The van der Waals surface area contributed by atoms with E-state index >= 15 is 0 Å². The molecule has 0 amide bonds. The van der Waals surface area contributed by atoms with Crippen molar-refractivity contribution in [2.45, 2.75) is 24.3 Å². The van der Waals surface area contributed by atoms with Crippen LogP contribution in [0.25, 0.3) is 0 Å². The van der Waals surface area contributed by atoms with Crippen molar-refractivity contribution in [1.82, 2.24) is 0 Å². The Morgan fingerprint density at radius 3 is 2.70 bits per heavy atom. The zero-order valence-electron chi connectivity index (χ0n) is 5.88. The van der Waals surface area contributed by atoms with Gasteiger partial charge in [-0.05, 0) is 12.5 Å². The summed E-state index contributed by atoms with van der Waals surface area (Å²) >= 11 is 3.23. The third-order valence-electron chi connectivity index (χ3n) is 1.08. The minimum Gasteiger partial charge on any atom is -0.385 e. The molecule has 0 aliphatic rings. The van der Waals surface area contributed by atoms with Crippen LogP contribution >= 0.6 is 15.9 Å². The predicted molar refractivity (Wildman–Crippen MR) is 44.2 cm³/mol. The van der Waals surface area contributed by atoms with E-state index in [0.717, 1.165) is 6.08 Å². The SMILES string of the molecule is C=CC(=O)C(O)CC(C)Br. The van der Waals surface area contributed by atoms with Crippen LogP contribution in [0.5, 0.6) is 0 Å². The minimum absolute atomic E-state index is 0.159. The van der Waals surface area contributed by atoms with Gasteiger partial charge in [-0.3, -0.25) is 4.79 Å². The van der Waals surface area contributed by atoms with Gasteiger partial charge in [-0.15, -0.1) is 0 Å². The van der Waals surface area contributed by atoms with Crippen LogP contribution in [0.1, 0.15) is 13.3 Å². The molecular formula is C7H11BrO2. The molecule has 2 nitrogen and oxygen atoms in total. The molecule has 0 aliphatic carbocycles. The molecule has 0 aromatic heterocycles. The average Bonchev–Trinajstić information content (AvgIpc) is 1.85. The Balaban J connectivity index is 3.72. The van der Waals surface area contributed by atoms with Crippen LogP contribution < -0.4 is 0 Å². The average molecular weight is 207 g/mol. The van der Waals surface area contributed by atoms with Crippen LogP contribution in [-0.2, 0) is 4.79 Å². The molecule has 58 valence electrons. The summed E-state index contributed by atoms with van der Waals surface area (Å²) in [5.41, 5.74) is 0. The highest BCUT2D eigenvalue weighted by Crippen LogP contribution is 2.07. The summed E-state index contributed by atoms with van der Waals surface area (Å²) in [6.45, 7) is 5.14. The number of hydrogen-bond donors (Lipinski definition) is 1. The summed E-state index contributed by atoms with van der Waals surface area (Å²) in [5.74, 6) is -0.314. The number of aliphatic hydroxyl groups is 1. The first-order chi connectivity index (χ1) is 4.57. The highest BCUT2D eigenvalue weighted by Gasteiger charge is 2.12. The Morgan fingerprint density at radius 1 is 1.90 bits per heavy atom. The van der Waals surface area contributed by atoms with Crippen LogP contribution in [-0.4, -0.2) is 21.8 Å². The van der Waals surface area contributed by atoms with Gasteiger partial charge < -0.3 is 5.11 Å². The monoisotopic (exact) mass is 206 g/mol. The molecule has 0 aromatic carbocycles. The molecule has 0 saturated carbocycles. The fourth-order valence-electron chi connectivity index (χ4n) is 0.560. The van der Waals surface area contributed by atoms with Crippen molar-refractivity contribution in [3.8, 4) is 0 Å². The smallest absolute Gasteiger partial charge is 0.183 e. The maximum absolute atomic E-state index is 10.7. The van der Waals surface area contributed by atoms with Crippen molar-refractivity contribution < 1.29 is 9.90 Å². The van der Waals surface area contributed by atoms with Crippen molar-refractivity contribution in [1.29, 1.82) is 0 Å². The second-order valence-corrected chi connectivity index (χ2v) is 3.70. The highest BCUT2D eigenvalue weighted by atomic mass is 79.9. The van der Waals surface area contributed by atoms with Crippen molar-refractivity contribution in [3.63, 3.8) is 0 Å². The van der Waals surface area contributed by atoms with E-state index < -0.39 is 6.10 Å². The van der Waals surface area contributed by atoms with Gasteiger partial charge >= 0.3 is 0 Å². The van der Waals surface area contributed by atoms with Crippen molar-refractivity contribution >= 4 is 21.7 Å². The Hall–Kier alpha value is -0.150. The molecule has 0 heterocycles. The summed E-state index contributed by atoms with van der Waals surface area (Å²) < 4.78 is 0. The maximum Gasteiger partial charge on any atom is 0.183 e. The molecule has 0 spiro atoms. The molecule has 0 aliphatic heterocycles. The Kier molecular flexibility index (Phi) is 4.56. The van der Waals surface area contributed by atoms with Crippen LogP contribution in [0.3, 0.4) is 0 Å². The zero-order valence-corrected chi connectivity index (χ0v) is 7.47. The summed E-state index contributed by atoms with van der Waals surface area (Å²) in [7, 11) is 0. The molecule has 0 bridgehead atoms. The van der Waals surface area contributed by atoms with Gasteiger partial charge in [0.05, 0.1) is 0 Å². The lowest BCUT2D eigenvalue weighted by Gasteiger charge is -2.07. The van der Waals surface area contributed by atoms with Crippen molar-refractivity contribution in [3.05, 3.63) is 12.7 Å². The van der Waals surface area contributed by atoms with Gasteiger partial charge in [-0.1, -0.05) is 29.4 Å². The first-order valence-corrected chi connectivity index (χ1v) is 3.98. The topological polar surface area (TPSA) is 37.3 Å². The lowest BCUT2D eigenvalue weighted by Crippen LogP contribution is -2.20. The Bertz CT molecular complexity index is 132. The molecule has 3 heteroatoms. The number of halogens is 1. The van der Waals surface area contributed by atoms with E-state index in [9.17, 15) is 4.79 Å². The van der Waals surface area contributed by atoms with E-state index in [0.29, 0.717) is 6.42 Å². The summed E-state index contributed by atoms with van der Waals surface area (Å²) in [4.78, 5) is 10.8. The molecular weight excluding hydrogens is 196 g/mol. The van der Waals surface area contributed by atoms with Crippen LogP contribution in [0.15, 0.2) is 12.7 Å². The van der Waals surface area contributed by atoms with Gasteiger partial charge in [0.2, 0.25) is 0 Å². The van der Waals surface area contributed by atoms with Crippen molar-refractivity contribution in [2.24, 2.45) is 0 Å². The van der Waals surface area contributed by atoms with Crippen LogP contribution in [0.4, 0.5) is 0 Å². The number of carbonyl (C=O) groups excluding carboxylic acids is 1. The number of rotatable bonds is 4. The fraction of sp³-hybridized carbons (Fsp3) is 0.571. The minimum atomic E-state index is -0.896. The normalized spacial score (nSPS) is 15.9. The van der Waals surface area contributed by atoms with E-state index in [1.807, 2.05) is 6.92 Å². The molecule has 0 rings (SSSR count). The number of aliphatic hydroxyl groups excluding tert-OH is 1. The Morgan fingerprint density at radius 2 is 2.40 bits per heavy atom. The molecule has 2 unspecified atom stereocenters. The van der Waals surface area contributed by atoms with Gasteiger partial charge in [0, 0.05) is 4.83 Å². The zero-order chi connectivity index (χ0) is 8.15. The van der Waals surface area contributed by atoms with E-state index in [-0.39, 0.29) is 10.6 Å². The summed E-state index contributed by atoms with van der Waals surface area (Å²) in [6, 6.07) is 0. The molecule has 0 aromatic rings. The molecule has 10 heavy (non-hydrogen) atoms. The first kappa shape index (κ1) is 9.85. The quantitative estimate of drug-likeness (QED) is 0.556. The second kappa shape index (κ2) is 4.63. The third-order valence-corrected chi connectivity index (χ3v) is 1.45. The van der Waals surface area contributed by atoms with E-state index in [1.165, 1.54) is 0 Å². The fourth-order valence-corrected chi connectivity index (χ4v) is 0.914. The van der Waals surface area contributed by atoms with E-state index in [2.05, 4.69) is 22.5 Å². The summed E-state index contributed by atoms with van der Waals surface area (Å²) in [6.07, 6.45) is 0.678. The number of alkyl halides is 1. The number of carbonyl (C=O) groups is 1. The maximum atomic E-state index is 10.7. The van der Waals surface area contributed by atoms with E-state index in [1.54, 1.807) is 0 Å². The largest absolute Gasteiger partial charge is 0.385 e. The van der Waals surface area contributed by atoms with Crippen molar-refractivity contribution in [2.75, 3.05) is 0 Å². The lowest BCUT2D eigenvalue weighted by molar-refractivity contribution is -0.122. The lowest BCUT2D eigenvalue weighted by atomic mass is 10.1. The molecule has 0 saturated heterocycles. The first-order valence-electron chi connectivity index (χ1n) is 3.06. The van der Waals surface area contributed by atoms with Gasteiger partial charge in [-0.25, -0.2) is 0 Å². The molecule has 1 N–H and O–H groups in total. The van der Waals surface area contributed by atoms with Crippen LogP contribution in [0.2, 0.25) is 0 Å². The standard InChI is InChI=1S/C7H11BrO2/c1-3-6(9)7(10)4-5(2)8/h3,5,7,10H,1,4H2,2H3. The molecule has 2 atom stereocenters. The van der Waals surface area contributed by atoms with Crippen LogP contribution in [0, 0.1) is 0 Å². The number of hydrogen-bond acceptors (Lipinski definition) is 2. The predicted octanol–water partition coefficient (Wildman–Crippen LogP) is 1.28. The Labute approximate surface area is 69.1 Å². The van der Waals surface area contributed by atoms with Gasteiger partial charge in [-0.2, -0.15) is 0 Å². The van der Waals surface area contributed by atoms with E-state index in [4.69, 9.17) is 5.11 Å². The number of ketones is 1. The molecule has 0 radical (unpaired) electrons. The van der Waals surface area contributed by atoms with Gasteiger partial charge in [0.15, 0.2) is 5.78 Å². The highest BCUT2D eigenvalue weighted by molar-refractivity contribution is 9.09.